The van der Waals surface area contributed by atoms with Crippen LogP contribution in [-0.2, 0) is 16.1 Å². The van der Waals surface area contributed by atoms with Gasteiger partial charge in [-0.3, -0.25) is 14.5 Å². The van der Waals surface area contributed by atoms with Crippen molar-refractivity contribution in [3.63, 3.8) is 0 Å². The van der Waals surface area contributed by atoms with Crippen LogP contribution < -0.4 is 10.6 Å². The van der Waals surface area contributed by atoms with Crippen molar-refractivity contribution in [2.24, 2.45) is 0 Å². The average molecular weight is 392 g/mol. The summed E-state index contributed by atoms with van der Waals surface area (Å²) in [4.78, 5) is 30.4. The maximum absolute atomic E-state index is 12.1. The lowest BCUT2D eigenvalue weighted by atomic mass is 10.2. The highest BCUT2D eigenvalue weighted by Gasteiger charge is 2.11. The summed E-state index contributed by atoms with van der Waals surface area (Å²) in [6, 6.07) is 10.2. The molecule has 7 heteroatoms. The van der Waals surface area contributed by atoms with Gasteiger partial charge in [0.15, 0.2) is 0 Å². The fraction of sp³-hybridized carbons (Fsp3) is 0.619. The summed E-state index contributed by atoms with van der Waals surface area (Å²) in [7, 11) is 7.93. The lowest BCUT2D eigenvalue weighted by Crippen LogP contribution is -2.36. The van der Waals surface area contributed by atoms with E-state index in [4.69, 9.17) is 0 Å². The number of rotatable bonds is 14. The zero-order valence-electron chi connectivity index (χ0n) is 17.9. The molecule has 0 saturated carbocycles. The summed E-state index contributed by atoms with van der Waals surface area (Å²) in [6.45, 7) is 4.95. The Bertz CT molecular complexity index is 533. The second-order valence-corrected chi connectivity index (χ2v) is 7.57. The van der Waals surface area contributed by atoms with Crippen LogP contribution in [0.3, 0.4) is 0 Å². The fourth-order valence-corrected chi connectivity index (χ4v) is 2.65. The molecule has 2 N–H and O–H groups in total. The van der Waals surface area contributed by atoms with E-state index in [9.17, 15) is 9.59 Å². The second-order valence-electron chi connectivity index (χ2n) is 7.57. The minimum Gasteiger partial charge on any atom is -0.355 e. The summed E-state index contributed by atoms with van der Waals surface area (Å²) < 4.78 is 0. The Balaban J connectivity index is 2.45. The van der Waals surface area contributed by atoms with Crippen LogP contribution in [0.2, 0.25) is 0 Å². The van der Waals surface area contributed by atoms with Gasteiger partial charge in [0.1, 0.15) is 0 Å². The molecule has 7 nitrogen and oxygen atoms in total. The summed E-state index contributed by atoms with van der Waals surface area (Å²) in [5.74, 6) is 0.102. The van der Waals surface area contributed by atoms with Crippen LogP contribution in [0.4, 0.5) is 0 Å². The monoisotopic (exact) mass is 391 g/mol. The van der Waals surface area contributed by atoms with Crippen molar-refractivity contribution in [2.75, 3.05) is 67.5 Å². The first-order valence-electron chi connectivity index (χ1n) is 9.96. The van der Waals surface area contributed by atoms with Crippen LogP contribution in [0.1, 0.15) is 18.4 Å². The molecule has 0 bridgehead atoms. The van der Waals surface area contributed by atoms with Gasteiger partial charge in [-0.2, -0.15) is 0 Å². The molecule has 0 aromatic heterocycles. The lowest BCUT2D eigenvalue weighted by Gasteiger charge is -2.22. The summed E-state index contributed by atoms with van der Waals surface area (Å²) >= 11 is 0. The van der Waals surface area contributed by atoms with E-state index in [-0.39, 0.29) is 11.8 Å². The van der Waals surface area contributed by atoms with E-state index in [0.717, 1.165) is 19.6 Å². The van der Waals surface area contributed by atoms with Crippen molar-refractivity contribution < 1.29 is 9.59 Å². The lowest BCUT2D eigenvalue weighted by molar-refractivity contribution is -0.121. The highest BCUT2D eigenvalue weighted by atomic mass is 16.2. The number of hydrogen-bond acceptors (Lipinski definition) is 5. The van der Waals surface area contributed by atoms with Gasteiger partial charge in [0, 0.05) is 58.7 Å². The quantitative estimate of drug-likeness (QED) is 0.487. The van der Waals surface area contributed by atoms with E-state index in [0.29, 0.717) is 39.0 Å². The molecule has 28 heavy (non-hydrogen) atoms. The summed E-state index contributed by atoms with van der Waals surface area (Å²) in [5, 5.41) is 5.89. The number of carbonyl (C=O) groups excluding carboxylic acids is 2. The molecule has 158 valence electrons. The molecular weight excluding hydrogens is 354 g/mol. The number of nitrogens with one attached hydrogen (secondary N) is 2. The van der Waals surface area contributed by atoms with Gasteiger partial charge in [0.05, 0.1) is 0 Å². The minimum atomic E-state index is 0.0512. The topological polar surface area (TPSA) is 67.9 Å². The number of nitrogens with zero attached hydrogens (tertiary/aromatic N) is 3. The van der Waals surface area contributed by atoms with Crippen molar-refractivity contribution in [1.82, 2.24) is 25.3 Å². The zero-order valence-corrected chi connectivity index (χ0v) is 17.9. The number of amides is 2. The third-order valence-corrected chi connectivity index (χ3v) is 4.32. The summed E-state index contributed by atoms with van der Waals surface area (Å²) in [6.07, 6.45) is 0.866. The molecule has 0 unspecified atom stereocenters. The highest BCUT2D eigenvalue weighted by molar-refractivity contribution is 5.76. The molecule has 0 aliphatic carbocycles. The molecule has 0 spiro atoms. The van der Waals surface area contributed by atoms with E-state index in [1.807, 2.05) is 56.2 Å². The van der Waals surface area contributed by atoms with Crippen LogP contribution in [0, 0.1) is 0 Å². The maximum atomic E-state index is 12.1. The Labute approximate surface area is 170 Å². The van der Waals surface area contributed by atoms with Gasteiger partial charge in [-0.15, -0.1) is 0 Å². The van der Waals surface area contributed by atoms with Crippen LogP contribution in [0.5, 0.6) is 0 Å². The number of hydrogen-bond donors (Lipinski definition) is 2. The molecule has 0 aliphatic rings. The molecule has 1 rings (SSSR count). The predicted octanol–water partition coefficient (Wildman–Crippen LogP) is 0.624. The van der Waals surface area contributed by atoms with Crippen LogP contribution >= 0.6 is 0 Å². The first-order valence-corrected chi connectivity index (χ1v) is 9.96. The SMILES string of the molecule is CN(C)CCNC(=O)CCN(CCC(=O)NCCN(C)C)Cc1ccccc1. The third-order valence-electron chi connectivity index (χ3n) is 4.32. The van der Waals surface area contributed by atoms with Crippen molar-refractivity contribution in [3.8, 4) is 0 Å². The predicted molar refractivity (Wildman–Crippen MR) is 114 cm³/mol. The van der Waals surface area contributed by atoms with Crippen molar-refractivity contribution in [3.05, 3.63) is 35.9 Å². The number of likely N-dealkylation sites (N-methyl/N-ethyl adjacent to an activating group) is 2. The zero-order chi connectivity index (χ0) is 20.8. The summed E-state index contributed by atoms with van der Waals surface area (Å²) in [5.41, 5.74) is 1.18. The van der Waals surface area contributed by atoms with Crippen LogP contribution in [0.15, 0.2) is 30.3 Å². The largest absolute Gasteiger partial charge is 0.355 e. The van der Waals surface area contributed by atoms with E-state index in [2.05, 4.69) is 27.7 Å². The molecule has 1 aromatic rings. The Kier molecular flexibility index (Phi) is 12.1. The Morgan fingerprint density at radius 3 is 1.64 bits per heavy atom. The molecular formula is C21H37N5O2. The average Bonchev–Trinajstić information content (AvgIpc) is 2.64. The molecule has 0 fully saturated rings. The number of benzene rings is 1. The van der Waals surface area contributed by atoms with Crippen molar-refractivity contribution >= 4 is 11.8 Å². The van der Waals surface area contributed by atoms with E-state index >= 15 is 0 Å². The van der Waals surface area contributed by atoms with Gasteiger partial charge in [-0.1, -0.05) is 30.3 Å². The molecule has 1 aromatic carbocycles. The van der Waals surface area contributed by atoms with E-state index in [1.165, 1.54) is 5.56 Å². The van der Waals surface area contributed by atoms with Crippen molar-refractivity contribution in [1.29, 1.82) is 0 Å². The van der Waals surface area contributed by atoms with Gasteiger partial charge >= 0.3 is 0 Å². The molecule has 0 atom stereocenters. The Hall–Kier alpha value is -1.96. The van der Waals surface area contributed by atoms with Crippen LogP contribution in [0.25, 0.3) is 0 Å². The van der Waals surface area contributed by atoms with E-state index in [1.54, 1.807) is 0 Å². The van der Waals surface area contributed by atoms with Crippen molar-refractivity contribution in [2.45, 2.75) is 19.4 Å². The molecule has 0 aliphatic heterocycles. The smallest absolute Gasteiger partial charge is 0.221 e. The Morgan fingerprint density at radius 2 is 1.21 bits per heavy atom. The molecule has 0 saturated heterocycles. The highest BCUT2D eigenvalue weighted by Crippen LogP contribution is 2.06. The minimum absolute atomic E-state index is 0.0512. The van der Waals surface area contributed by atoms with E-state index < -0.39 is 0 Å². The second kappa shape index (κ2) is 14.1. The third kappa shape index (κ3) is 12.4. The number of carbonyl (C=O) groups is 2. The fourth-order valence-electron chi connectivity index (χ4n) is 2.65. The molecule has 0 radical (unpaired) electrons. The van der Waals surface area contributed by atoms with Gasteiger partial charge in [-0.25, -0.2) is 0 Å². The maximum Gasteiger partial charge on any atom is 0.221 e. The first-order chi connectivity index (χ1) is 13.4. The normalized spacial score (nSPS) is 11.2. The van der Waals surface area contributed by atoms with Gasteiger partial charge in [0.25, 0.3) is 0 Å². The molecule has 0 heterocycles. The standard InChI is InChI=1S/C21H37N5O2/c1-24(2)16-12-22-20(27)10-14-26(18-19-8-6-5-7-9-19)15-11-21(28)23-13-17-25(3)4/h5-9H,10-18H2,1-4H3,(H,22,27)(H,23,28). The van der Waals surface area contributed by atoms with Gasteiger partial charge in [0.2, 0.25) is 11.8 Å². The van der Waals surface area contributed by atoms with Crippen LogP contribution in [-0.4, -0.2) is 94.0 Å². The van der Waals surface area contributed by atoms with Gasteiger partial charge < -0.3 is 20.4 Å². The van der Waals surface area contributed by atoms with Gasteiger partial charge in [-0.05, 0) is 33.8 Å². The Morgan fingerprint density at radius 1 is 0.750 bits per heavy atom. The molecule has 2 amide bonds. The first kappa shape index (κ1) is 24.1.